The zero-order chi connectivity index (χ0) is 21.7. The predicted octanol–water partition coefficient (Wildman–Crippen LogP) is 3.66. The third kappa shape index (κ3) is 3.45. The van der Waals surface area contributed by atoms with Crippen molar-refractivity contribution in [1.82, 2.24) is 15.3 Å². The summed E-state index contributed by atoms with van der Waals surface area (Å²) in [5, 5.41) is 10.0. The zero-order valence-corrected chi connectivity index (χ0v) is 17.3. The maximum Gasteiger partial charge on any atom is 0.320 e. The smallest absolute Gasteiger partial charge is 0.320 e. The first kappa shape index (κ1) is 19.3. The molecule has 0 bridgehead atoms. The van der Waals surface area contributed by atoms with Crippen LogP contribution >= 0.6 is 0 Å². The van der Waals surface area contributed by atoms with Crippen LogP contribution in [0.5, 0.6) is 5.88 Å². The minimum atomic E-state index is -0.531. The van der Waals surface area contributed by atoms with Crippen molar-refractivity contribution in [3.8, 4) is 17.0 Å². The molecular weight excluding hydrogens is 399 g/mol. The molecule has 160 valence electrons. The van der Waals surface area contributed by atoms with Crippen molar-refractivity contribution in [1.29, 1.82) is 0 Å². The van der Waals surface area contributed by atoms with Gasteiger partial charge >= 0.3 is 6.03 Å². The Balaban J connectivity index is 1.53. The third-order valence-electron chi connectivity index (χ3n) is 5.90. The maximum atomic E-state index is 15.2. The lowest BCUT2D eigenvalue weighted by atomic mass is 9.97. The number of benzene rings is 1. The fourth-order valence-corrected chi connectivity index (χ4v) is 3.90. The van der Waals surface area contributed by atoms with E-state index < -0.39 is 5.82 Å². The molecule has 1 aliphatic carbocycles. The molecule has 1 saturated carbocycles. The number of nitrogens with one attached hydrogen (secondary N) is 3. The highest BCUT2D eigenvalue weighted by Crippen LogP contribution is 2.39. The number of fused-ring (bicyclic) bond motifs is 2. The van der Waals surface area contributed by atoms with Gasteiger partial charge in [0, 0.05) is 41.5 Å². The SMILES string of the molecule is Cc1c(-c2cc3cc(NC(=O)N[C@@H]4C[C@@H]4C)ncc3c(N)c2F)cnc2c1NCCO2. The normalized spacial score (nSPS) is 19.2. The van der Waals surface area contributed by atoms with Gasteiger partial charge in [0.2, 0.25) is 5.88 Å². The van der Waals surface area contributed by atoms with E-state index in [1.165, 1.54) is 6.20 Å². The minimum Gasteiger partial charge on any atom is -0.474 e. The number of nitrogen functional groups attached to an aromatic ring is 1. The van der Waals surface area contributed by atoms with Gasteiger partial charge < -0.3 is 21.1 Å². The molecule has 2 atom stereocenters. The molecule has 0 spiro atoms. The van der Waals surface area contributed by atoms with E-state index in [2.05, 4.69) is 32.8 Å². The number of carbonyl (C=O) groups excluding carboxylic acids is 1. The van der Waals surface area contributed by atoms with E-state index in [4.69, 9.17) is 10.5 Å². The number of pyridine rings is 2. The summed E-state index contributed by atoms with van der Waals surface area (Å²) in [7, 11) is 0. The largest absolute Gasteiger partial charge is 0.474 e. The van der Waals surface area contributed by atoms with Crippen LogP contribution in [0.15, 0.2) is 24.5 Å². The Kier molecular flexibility index (Phi) is 4.53. The van der Waals surface area contributed by atoms with E-state index in [0.29, 0.717) is 52.7 Å². The number of anilines is 3. The van der Waals surface area contributed by atoms with Gasteiger partial charge in [0.15, 0.2) is 5.82 Å². The minimum absolute atomic E-state index is 0.00383. The molecule has 0 unspecified atom stereocenters. The fraction of sp³-hybridized carbons (Fsp3) is 0.318. The summed E-state index contributed by atoms with van der Waals surface area (Å²) in [4.78, 5) is 20.7. The Hall–Kier alpha value is -3.62. The van der Waals surface area contributed by atoms with E-state index in [1.807, 2.05) is 6.92 Å². The highest BCUT2D eigenvalue weighted by Gasteiger charge is 2.33. The van der Waals surface area contributed by atoms with Gasteiger partial charge in [0.05, 0.1) is 5.69 Å². The van der Waals surface area contributed by atoms with Crippen LogP contribution in [0.4, 0.5) is 26.4 Å². The number of nitrogens with zero attached hydrogens (tertiary/aromatic N) is 2. The third-order valence-corrected chi connectivity index (χ3v) is 5.90. The van der Waals surface area contributed by atoms with Crippen molar-refractivity contribution in [2.45, 2.75) is 26.3 Å². The molecule has 3 aromatic rings. The van der Waals surface area contributed by atoms with Gasteiger partial charge in [-0.25, -0.2) is 19.2 Å². The predicted molar refractivity (Wildman–Crippen MR) is 118 cm³/mol. The second kappa shape index (κ2) is 7.26. The number of hydrogen-bond donors (Lipinski definition) is 4. The van der Waals surface area contributed by atoms with Crippen LogP contribution in [-0.2, 0) is 0 Å². The van der Waals surface area contributed by atoms with Gasteiger partial charge in [-0.1, -0.05) is 6.92 Å². The number of halogens is 1. The molecule has 8 nitrogen and oxygen atoms in total. The first-order valence-corrected chi connectivity index (χ1v) is 10.2. The summed E-state index contributed by atoms with van der Waals surface area (Å²) in [6, 6.07) is 3.29. The van der Waals surface area contributed by atoms with Crippen molar-refractivity contribution in [2.75, 3.05) is 29.5 Å². The Morgan fingerprint density at radius 3 is 2.87 bits per heavy atom. The second-order valence-electron chi connectivity index (χ2n) is 8.11. The molecule has 0 radical (unpaired) electrons. The average Bonchev–Trinajstić information content (AvgIpc) is 3.45. The van der Waals surface area contributed by atoms with Gasteiger partial charge in [0.25, 0.3) is 0 Å². The number of rotatable bonds is 3. The molecule has 2 aromatic heterocycles. The molecule has 1 fully saturated rings. The Morgan fingerprint density at radius 2 is 2.10 bits per heavy atom. The summed E-state index contributed by atoms with van der Waals surface area (Å²) in [6.07, 6.45) is 4.04. The number of hydrogen-bond acceptors (Lipinski definition) is 6. The summed E-state index contributed by atoms with van der Waals surface area (Å²) in [5.41, 5.74) is 8.65. The van der Waals surface area contributed by atoms with Crippen molar-refractivity contribution in [2.24, 2.45) is 5.92 Å². The first-order valence-electron chi connectivity index (χ1n) is 10.2. The van der Waals surface area contributed by atoms with Gasteiger partial charge in [-0.2, -0.15) is 0 Å². The van der Waals surface area contributed by atoms with E-state index in [9.17, 15) is 4.79 Å². The second-order valence-corrected chi connectivity index (χ2v) is 8.11. The Morgan fingerprint density at radius 1 is 1.29 bits per heavy atom. The molecule has 1 aromatic carbocycles. The zero-order valence-electron chi connectivity index (χ0n) is 17.3. The van der Waals surface area contributed by atoms with Crippen LogP contribution in [0.1, 0.15) is 18.9 Å². The van der Waals surface area contributed by atoms with Crippen LogP contribution in [0, 0.1) is 18.7 Å². The quantitative estimate of drug-likeness (QED) is 0.479. The lowest BCUT2D eigenvalue weighted by Crippen LogP contribution is -2.31. The van der Waals surface area contributed by atoms with E-state index in [1.54, 1.807) is 18.3 Å². The number of ether oxygens (including phenoxy) is 1. The van der Waals surface area contributed by atoms with Crippen LogP contribution in [-0.4, -0.2) is 35.2 Å². The van der Waals surface area contributed by atoms with Crippen molar-refractivity contribution >= 4 is 34.0 Å². The van der Waals surface area contributed by atoms with Crippen LogP contribution in [0.25, 0.3) is 21.9 Å². The number of aromatic nitrogens is 2. The maximum absolute atomic E-state index is 15.2. The number of urea groups is 1. The van der Waals surface area contributed by atoms with Crippen LogP contribution in [0.2, 0.25) is 0 Å². The summed E-state index contributed by atoms with van der Waals surface area (Å²) < 4.78 is 20.8. The molecule has 2 amide bonds. The molecule has 31 heavy (non-hydrogen) atoms. The first-order chi connectivity index (χ1) is 14.9. The van der Waals surface area contributed by atoms with Crippen LogP contribution in [0.3, 0.4) is 0 Å². The van der Waals surface area contributed by atoms with Gasteiger partial charge in [-0.3, -0.25) is 5.32 Å². The lowest BCUT2D eigenvalue weighted by molar-refractivity contribution is 0.251. The van der Waals surface area contributed by atoms with Gasteiger partial charge in [-0.15, -0.1) is 0 Å². The summed E-state index contributed by atoms with van der Waals surface area (Å²) >= 11 is 0. The van der Waals surface area contributed by atoms with E-state index in [-0.39, 0.29) is 17.8 Å². The van der Waals surface area contributed by atoms with E-state index >= 15 is 4.39 Å². The number of nitrogens with two attached hydrogens (primary N) is 1. The molecule has 9 heteroatoms. The molecule has 5 N–H and O–H groups in total. The Labute approximate surface area is 178 Å². The van der Waals surface area contributed by atoms with Crippen molar-refractivity contribution in [3.63, 3.8) is 0 Å². The van der Waals surface area contributed by atoms with Crippen LogP contribution < -0.4 is 26.4 Å². The Bertz CT molecular complexity index is 1210. The number of carbonyl (C=O) groups is 1. The molecule has 2 aliphatic rings. The standard InChI is InChI=1S/C22H23FN6O2/c1-10-5-16(10)28-22(30)29-17-7-12-6-13(18(23)19(24)15(12)9-26-17)14-8-27-21-20(11(14)2)25-3-4-31-21/h6-10,16,25H,3-5,24H2,1-2H3,(H2,26,28,29,30)/t10-,16+/m0/s1. The summed E-state index contributed by atoms with van der Waals surface area (Å²) in [5.74, 6) is 0.838. The lowest BCUT2D eigenvalue weighted by Gasteiger charge is -2.22. The topological polar surface area (TPSA) is 114 Å². The summed E-state index contributed by atoms with van der Waals surface area (Å²) in [6.45, 7) is 5.16. The van der Waals surface area contributed by atoms with Gasteiger partial charge in [-0.05, 0) is 42.3 Å². The van der Waals surface area contributed by atoms with Gasteiger partial charge in [0.1, 0.15) is 18.1 Å². The van der Waals surface area contributed by atoms with E-state index in [0.717, 1.165) is 17.7 Å². The highest BCUT2D eigenvalue weighted by atomic mass is 19.1. The monoisotopic (exact) mass is 422 g/mol. The average molecular weight is 422 g/mol. The molecule has 1 aliphatic heterocycles. The highest BCUT2D eigenvalue weighted by molar-refractivity contribution is 6.00. The molecule has 3 heterocycles. The molecular formula is C22H23FN6O2. The fourth-order valence-electron chi connectivity index (χ4n) is 3.90. The molecule has 5 rings (SSSR count). The van der Waals surface area contributed by atoms with Crippen molar-refractivity contribution in [3.05, 3.63) is 35.9 Å². The number of amides is 2. The van der Waals surface area contributed by atoms with Crippen molar-refractivity contribution < 1.29 is 13.9 Å². The molecule has 0 saturated heterocycles.